The molecule has 28 heavy (non-hydrogen) atoms. The highest BCUT2D eigenvalue weighted by atomic mass is 16.5. The summed E-state index contributed by atoms with van der Waals surface area (Å²) in [6.45, 7) is 3.76. The number of hydrogen-bond donors (Lipinski definition) is 2. The zero-order valence-electron chi connectivity index (χ0n) is 16.8. The third-order valence-electron chi connectivity index (χ3n) is 6.07. The van der Waals surface area contributed by atoms with Crippen molar-refractivity contribution in [3.63, 3.8) is 0 Å². The summed E-state index contributed by atoms with van der Waals surface area (Å²) in [4.78, 5) is 24.7. The second-order valence-corrected chi connectivity index (χ2v) is 8.13. The van der Waals surface area contributed by atoms with E-state index >= 15 is 0 Å². The van der Waals surface area contributed by atoms with Crippen molar-refractivity contribution in [3.05, 3.63) is 23.8 Å². The molecule has 0 radical (unpaired) electrons. The second kappa shape index (κ2) is 8.95. The van der Waals surface area contributed by atoms with Crippen molar-refractivity contribution in [1.29, 1.82) is 0 Å². The number of ether oxygens (including phenoxy) is 2. The number of Topliss-reactive ketones (excluding diaryl/α,β-unsaturated/α-hetero) is 1. The van der Waals surface area contributed by atoms with Crippen LogP contribution in [0.3, 0.4) is 0 Å². The van der Waals surface area contributed by atoms with E-state index in [1.54, 1.807) is 18.2 Å². The summed E-state index contributed by atoms with van der Waals surface area (Å²) < 4.78 is 11.9. The minimum Gasteiger partial charge on any atom is -0.486 e. The first-order chi connectivity index (χ1) is 13.5. The van der Waals surface area contributed by atoms with Gasteiger partial charge in [0, 0.05) is 6.07 Å². The molecule has 0 saturated heterocycles. The van der Waals surface area contributed by atoms with Crippen molar-refractivity contribution in [2.75, 3.05) is 13.2 Å². The summed E-state index contributed by atoms with van der Waals surface area (Å²) in [6, 6.07) is 4.85. The van der Waals surface area contributed by atoms with Crippen molar-refractivity contribution in [3.8, 4) is 11.5 Å². The molecule has 1 amide bonds. The molecular formula is C22H31NO5. The van der Waals surface area contributed by atoms with E-state index in [0.29, 0.717) is 23.5 Å². The highest BCUT2D eigenvalue weighted by molar-refractivity contribution is 6.00. The molecule has 6 heteroatoms. The average molecular weight is 389 g/mol. The van der Waals surface area contributed by atoms with E-state index in [1.807, 2.05) is 13.8 Å². The predicted octanol–water partition coefficient (Wildman–Crippen LogP) is 3.26. The molecule has 1 spiro atoms. The molecule has 1 aliphatic heterocycles. The highest BCUT2D eigenvalue weighted by Gasteiger charge is 2.41. The standard InChI is InChI=1S/C22H31NO5/c1-3-15(2)18(13-24)23-21(26)14-27-16-7-8-17-19(25)12-22(28-20(17)11-16)9-5-4-6-10-22/h7-8,11,15,18,24H,3-6,9-10,12-14H2,1-2H3,(H,23,26). The third-order valence-corrected chi connectivity index (χ3v) is 6.07. The maximum absolute atomic E-state index is 12.6. The monoisotopic (exact) mass is 389 g/mol. The van der Waals surface area contributed by atoms with Crippen molar-refractivity contribution in [2.24, 2.45) is 5.92 Å². The van der Waals surface area contributed by atoms with Gasteiger partial charge in [-0.2, -0.15) is 0 Å². The lowest BCUT2D eigenvalue weighted by Gasteiger charge is -2.40. The first kappa shape index (κ1) is 20.6. The van der Waals surface area contributed by atoms with Crippen LogP contribution >= 0.6 is 0 Å². The van der Waals surface area contributed by atoms with Crippen LogP contribution in [0, 0.1) is 5.92 Å². The molecule has 1 aromatic carbocycles. The Hall–Kier alpha value is -2.08. The number of rotatable bonds is 7. The number of amides is 1. The number of aliphatic hydroxyl groups excluding tert-OH is 1. The van der Waals surface area contributed by atoms with Gasteiger partial charge in [0.1, 0.15) is 17.1 Å². The molecule has 1 fully saturated rings. The molecule has 2 aliphatic rings. The number of benzene rings is 1. The Balaban J connectivity index is 1.63. The summed E-state index contributed by atoms with van der Waals surface area (Å²) in [5.41, 5.74) is 0.216. The van der Waals surface area contributed by atoms with Crippen LogP contribution in [-0.4, -0.2) is 41.7 Å². The lowest BCUT2D eigenvalue weighted by atomic mass is 9.78. The minimum atomic E-state index is -0.372. The van der Waals surface area contributed by atoms with Gasteiger partial charge in [-0.1, -0.05) is 26.7 Å². The third kappa shape index (κ3) is 4.66. The Kier molecular flexibility index (Phi) is 6.60. The molecule has 154 valence electrons. The van der Waals surface area contributed by atoms with Gasteiger partial charge in [-0.25, -0.2) is 0 Å². The van der Waals surface area contributed by atoms with E-state index in [4.69, 9.17) is 9.47 Å². The van der Waals surface area contributed by atoms with Gasteiger partial charge in [-0.15, -0.1) is 0 Å². The molecule has 2 N–H and O–H groups in total. The fourth-order valence-electron chi connectivity index (χ4n) is 4.09. The summed E-state index contributed by atoms with van der Waals surface area (Å²) >= 11 is 0. The summed E-state index contributed by atoms with van der Waals surface area (Å²) in [7, 11) is 0. The van der Waals surface area contributed by atoms with Crippen LogP contribution in [0.4, 0.5) is 0 Å². The number of ketones is 1. The van der Waals surface area contributed by atoms with Crippen molar-refractivity contribution in [2.45, 2.75) is 70.4 Å². The predicted molar refractivity (Wildman–Crippen MR) is 106 cm³/mol. The van der Waals surface area contributed by atoms with Gasteiger partial charge in [0.15, 0.2) is 12.4 Å². The van der Waals surface area contributed by atoms with E-state index in [0.717, 1.165) is 32.1 Å². The zero-order chi connectivity index (χ0) is 20.1. The molecule has 1 aromatic rings. The number of carbonyl (C=O) groups is 2. The Bertz CT molecular complexity index is 711. The number of hydrogen-bond acceptors (Lipinski definition) is 5. The normalized spacial score (nSPS) is 20.0. The van der Waals surface area contributed by atoms with Gasteiger partial charge < -0.3 is 19.9 Å². The lowest BCUT2D eigenvalue weighted by molar-refractivity contribution is -0.124. The van der Waals surface area contributed by atoms with Gasteiger partial charge in [0.05, 0.1) is 24.6 Å². The molecule has 1 saturated carbocycles. The lowest BCUT2D eigenvalue weighted by Crippen LogP contribution is -2.44. The first-order valence-electron chi connectivity index (χ1n) is 10.4. The maximum atomic E-state index is 12.6. The Morgan fingerprint density at radius 3 is 2.75 bits per heavy atom. The molecule has 6 nitrogen and oxygen atoms in total. The molecule has 3 rings (SSSR count). The molecule has 0 aromatic heterocycles. The second-order valence-electron chi connectivity index (χ2n) is 8.13. The topological polar surface area (TPSA) is 84.9 Å². The van der Waals surface area contributed by atoms with Crippen LogP contribution in [0.1, 0.15) is 69.2 Å². The molecule has 1 aliphatic carbocycles. The number of nitrogens with one attached hydrogen (secondary N) is 1. The minimum absolute atomic E-state index is 0.0996. The van der Waals surface area contributed by atoms with E-state index in [2.05, 4.69) is 5.32 Å². The van der Waals surface area contributed by atoms with Crippen LogP contribution in [-0.2, 0) is 4.79 Å². The van der Waals surface area contributed by atoms with Crippen LogP contribution < -0.4 is 14.8 Å². The van der Waals surface area contributed by atoms with Gasteiger partial charge in [0.2, 0.25) is 0 Å². The van der Waals surface area contributed by atoms with E-state index in [-0.39, 0.29) is 42.5 Å². The fraction of sp³-hybridized carbons (Fsp3) is 0.636. The fourth-order valence-corrected chi connectivity index (χ4v) is 4.09. The number of carbonyl (C=O) groups excluding carboxylic acids is 2. The Morgan fingerprint density at radius 1 is 1.32 bits per heavy atom. The van der Waals surface area contributed by atoms with E-state index in [1.165, 1.54) is 6.42 Å². The SMILES string of the molecule is CCC(C)C(CO)NC(=O)COc1ccc2c(c1)OC1(CCCCC1)CC2=O. The van der Waals surface area contributed by atoms with Crippen LogP contribution in [0.15, 0.2) is 18.2 Å². The van der Waals surface area contributed by atoms with Gasteiger partial charge >= 0.3 is 0 Å². The summed E-state index contributed by atoms with van der Waals surface area (Å²) in [5, 5.41) is 12.2. The smallest absolute Gasteiger partial charge is 0.258 e. The molecule has 0 bridgehead atoms. The number of fused-ring (bicyclic) bond motifs is 1. The average Bonchev–Trinajstić information content (AvgIpc) is 2.70. The van der Waals surface area contributed by atoms with Crippen LogP contribution in [0.2, 0.25) is 0 Å². The quantitative estimate of drug-likeness (QED) is 0.748. The summed E-state index contributed by atoms with van der Waals surface area (Å²) in [6.07, 6.45) is 6.48. The van der Waals surface area contributed by atoms with E-state index < -0.39 is 0 Å². The first-order valence-corrected chi connectivity index (χ1v) is 10.4. The van der Waals surface area contributed by atoms with Gasteiger partial charge in [0.25, 0.3) is 5.91 Å². The molecule has 2 unspecified atom stereocenters. The van der Waals surface area contributed by atoms with E-state index in [9.17, 15) is 14.7 Å². The molecular weight excluding hydrogens is 358 g/mol. The van der Waals surface area contributed by atoms with Gasteiger partial charge in [-0.05, 0) is 43.7 Å². The summed E-state index contributed by atoms with van der Waals surface area (Å²) in [5.74, 6) is 1.08. The zero-order valence-corrected chi connectivity index (χ0v) is 16.8. The van der Waals surface area contributed by atoms with Crippen LogP contribution in [0.5, 0.6) is 11.5 Å². The Labute approximate surface area is 166 Å². The Morgan fingerprint density at radius 2 is 2.07 bits per heavy atom. The largest absolute Gasteiger partial charge is 0.486 e. The van der Waals surface area contributed by atoms with Crippen molar-refractivity contribution >= 4 is 11.7 Å². The number of aliphatic hydroxyl groups is 1. The highest BCUT2D eigenvalue weighted by Crippen LogP contribution is 2.42. The van der Waals surface area contributed by atoms with Crippen LogP contribution in [0.25, 0.3) is 0 Å². The van der Waals surface area contributed by atoms with Gasteiger partial charge in [-0.3, -0.25) is 9.59 Å². The van der Waals surface area contributed by atoms with Crippen molar-refractivity contribution in [1.82, 2.24) is 5.32 Å². The maximum Gasteiger partial charge on any atom is 0.258 e. The molecule has 2 atom stereocenters. The van der Waals surface area contributed by atoms with Crippen molar-refractivity contribution < 1.29 is 24.2 Å². The molecule has 1 heterocycles.